The predicted molar refractivity (Wildman–Crippen MR) is 88.6 cm³/mol. The molecule has 2 rings (SSSR count). The molecule has 0 saturated carbocycles. The molecule has 1 aliphatic rings. The first-order valence-electron chi connectivity index (χ1n) is 7.66. The summed E-state index contributed by atoms with van der Waals surface area (Å²) in [6, 6.07) is 4.77. The van der Waals surface area contributed by atoms with E-state index in [1.807, 2.05) is 0 Å². The number of hydrogen-bond donors (Lipinski definition) is 0. The summed E-state index contributed by atoms with van der Waals surface area (Å²) in [5, 5.41) is 0. The van der Waals surface area contributed by atoms with Crippen molar-refractivity contribution in [2.75, 3.05) is 46.8 Å². The van der Waals surface area contributed by atoms with E-state index in [4.69, 9.17) is 0 Å². The molecule has 0 unspecified atom stereocenters. The Hall–Kier alpha value is -1.21. The van der Waals surface area contributed by atoms with E-state index in [1.165, 1.54) is 38.4 Å². The van der Waals surface area contributed by atoms with Crippen LogP contribution in [0, 0.1) is 0 Å². The second-order valence-electron chi connectivity index (χ2n) is 6.05. The van der Waals surface area contributed by atoms with Gasteiger partial charge < -0.3 is 0 Å². The lowest BCUT2D eigenvalue weighted by Gasteiger charge is -2.34. The maximum absolute atomic E-state index is 12.6. The van der Waals surface area contributed by atoms with Crippen LogP contribution in [0.15, 0.2) is 34.1 Å². The Morgan fingerprint density at radius 3 is 1.81 bits per heavy atom. The van der Waals surface area contributed by atoms with Crippen LogP contribution in [0.2, 0.25) is 0 Å². The number of alkyl halides is 3. The lowest BCUT2D eigenvalue weighted by atomic mass is 10.3. The largest absolute Gasteiger partial charge is 0.401 e. The van der Waals surface area contributed by atoms with Crippen LogP contribution in [0.5, 0.6) is 0 Å². The van der Waals surface area contributed by atoms with Gasteiger partial charge in [-0.1, -0.05) is 0 Å². The van der Waals surface area contributed by atoms with Crippen molar-refractivity contribution in [3.63, 3.8) is 0 Å². The summed E-state index contributed by atoms with van der Waals surface area (Å²) in [6.45, 7) is -1.23. The van der Waals surface area contributed by atoms with Gasteiger partial charge in [0.15, 0.2) is 0 Å². The predicted octanol–water partition coefficient (Wildman–Crippen LogP) is 0.806. The van der Waals surface area contributed by atoms with Crippen LogP contribution >= 0.6 is 0 Å². The fourth-order valence-corrected chi connectivity index (χ4v) is 4.85. The molecule has 1 fully saturated rings. The minimum absolute atomic E-state index is 0.0220. The molecule has 0 radical (unpaired) electrons. The molecular formula is C14H20F3N3O4S2. The highest BCUT2D eigenvalue weighted by Crippen LogP contribution is 2.22. The minimum atomic E-state index is -4.32. The number of piperazine rings is 1. The summed E-state index contributed by atoms with van der Waals surface area (Å²) in [5.74, 6) is 0. The standard InChI is InChI=1S/C14H20F3N3O4S2/c1-18(2)25(21,22)12-3-5-13(6-4-12)26(23,24)20-9-7-19(8-10-20)11-14(15,16)17/h3-6H,7-11H2,1-2H3. The van der Waals surface area contributed by atoms with Crippen molar-refractivity contribution in [3.8, 4) is 0 Å². The van der Waals surface area contributed by atoms with Crippen LogP contribution in [0.25, 0.3) is 0 Å². The van der Waals surface area contributed by atoms with Gasteiger partial charge in [0.2, 0.25) is 20.0 Å². The van der Waals surface area contributed by atoms with Gasteiger partial charge in [-0.15, -0.1) is 0 Å². The maximum Gasteiger partial charge on any atom is 0.401 e. The van der Waals surface area contributed by atoms with Gasteiger partial charge in [-0.05, 0) is 24.3 Å². The molecule has 1 aliphatic heterocycles. The summed E-state index contributed by atoms with van der Waals surface area (Å²) >= 11 is 0. The first kappa shape index (κ1) is 21.1. The fraction of sp³-hybridized carbons (Fsp3) is 0.571. The average molecular weight is 415 g/mol. The molecule has 26 heavy (non-hydrogen) atoms. The van der Waals surface area contributed by atoms with Gasteiger partial charge in [0.1, 0.15) is 0 Å². The van der Waals surface area contributed by atoms with E-state index in [1.54, 1.807) is 0 Å². The molecule has 7 nitrogen and oxygen atoms in total. The fourth-order valence-electron chi connectivity index (χ4n) is 2.53. The van der Waals surface area contributed by atoms with Gasteiger partial charge >= 0.3 is 6.18 Å². The van der Waals surface area contributed by atoms with Crippen molar-refractivity contribution in [3.05, 3.63) is 24.3 Å². The third-order valence-electron chi connectivity index (χ3n) is 3.97. The van der Waals surface area contributed by atoms with Crippen molar-refractivity contribution >= 4 is 20.0 Å². The van der Waals surface area contributed by atoms with E-state index >= 15 is 0 Å². The molecule has 0 N–H and O–H groups in total. The van der Waals surface area contributed by atoms with Crippen LogP contribution < -0.4 is 0 Å². The molecule has 0 spiro atoms. The molecule has 1 aromatic carbocycles. The van der Waals surface area contributed by atoms with E-state index in [0.29, 0.717) is 0 Å². The van der Waals surface area contributed by atoms with Gasteiger partial charge in [0.25, 0.3) is 0 Å². The number of rotatable bonds is 5. The minimum Gasteiger partial charge on any atom is -0.292 e. The second kappa shape index (κ2) is 7.43. The summed E-state index contributed by atoms with van der Waals surface area (Å²) < 4.78 is 88.5. The molecule has 1 saturated heterocycles. The molecule has 148 valence electrons. The lowest BCUT2D eigenvalue weighted by molar-refractivity contribution is -0.148. The molecule has 0 aromatic heterocycles. The third kappa shape index (κ3) is 4.74. The molecule has 1 heterocycles. The zero-order chi connectivity index (χ0) is 19.8. The lowest BCUT2D eigenvalue weighted by Crippen LogP contribution is -2.50. The van der Waals surface area contributed by atoms with E-state index in [0.717, 1.165) is 13.5 Å². The Kier molecular flexibility index (Phi) is 6.03. The highest BCUT2D eigenvalue weighted by atomic mass is 32.2. The van der Waals surface area contributed by atoms with E-state index < -0.39 is 32.8 Å². The Labute approximate surface area is 151 Å². The maximum atomic E-state index is 12.6. The zero-order valence-electron chi connectivity index (χ0n) is 14.3. The summed E-state index contributed by atoms with van der Waals surface area (Å²) in [4.78, 5) is 1.01. The Balaban J connectivity index is 2.12. The first-order valence-corrected chi connectivity index (χ1v) is 10.5. The van der Waals surface area contributed by atoms with Gasteiger partial charge in [-0.3, -0.25) is 4.90 Å². The topological polar surface area (TPSA) is 78.0 Å². The smallest absolute Gasteiger partial charge is 0.292 e. The highest BCUT2D eigenvalue weighted by Gasteiger charge is 2.35. The quantitative estimate of drug-likeness (QED) is 0.711. The van der Waals surface area contributed by atoms with Crippen molar-refractivity contribution in [2.45, 2.75) is 16.0 Å². The number of sulfonamides is 2. The molecule has 12 heteroatoms. The molecule has 0 aliphatic carbocycles. The van der Waals surface area contributed by atoms with Crippen molar-refractivity contribution in [1.29, 1.82) is 0 Å². The summed E-state index contributed by atoms with van der Waals surface area (Å²) in [6.07, 6.45) is -4.32. The molecule has 0 bridgehead atoms. The van der Waals surface area contributed by atoms with E-state index in [9.17, 15) is 30.0 Å². The van der Waals surface area contributed by atoms with Gasteiger partial charge in [-0.2, -0.15) is 17.5 Å². The van der Waals surface area contributed by atoms with Crippen molar-refractivity contribution < 1.29 is 30.0 Å². The molecule has 0 atom stereocenters. The first-order chi connectivity index (χ1) is 11.8. The number of nitrogens with zero attached hydrogens (tertiary/aromatic N) is 3. The molecule has 1 aromatic rings. The van der Waals surface area contributed by atoms with Crippen LogP contribution in [0.1, 0.15) is 0 Å². The van der Waals surface area contributed by atoms with Crippen molar-refractivity contribution in [1.82, 2.24) is 13.5 Å². The second-order valence-corrected chi connectivity index (χ2v) is 10.1. The third-order valence-corrected chi connectivity index (χ3v) is 7.72. The Morgan fingerprint density at radius 2 is 1.38 bits per heavy atom. The van der Waals surface area contributed by atoms with Crippen LogP contribution in [-0.4, -0.2) is 83.3 Å². The van der Waals surface area contributed by atoms with Gasteiger partial charge in [-0.25, -0.2) is 21.1 Å². The monoisotopic (exact) mass is 415 g/mol. The average Bonchev–Trinajstić information content (AvgIpc) is 2.54. The molecular weight excluding hydrogens is 395 g/mol. The van der Waals surface area contributed by atoms with E-state index in [-0.39, 0.29) is 36.0 Å². The summed E-state index contributed by atoms with van der Waals surface area (Å²) in [7, 11) is -4.85. The SMILES string of the molecule is CN(C)S(=O)(=O)c1ccc(S(=O)(=O)N2CCN(CC(F)(F)F)CC2)cc1. The number of benzene rings is 1. The van der Waals surface area contributed by atoms with Crippen LogP contribution in [-0.2, 0) is 20.0 Å². The van der Waals surface area contributed by atoms with Crippen LogP contribution in [0.4, 0.5) is 13.2 Å². The Morgan fingerprint density at radius 1 is 0.923 bits per heavy atom. The zero-order valence-corrected chi connectivity index (χ0v) is 15.9. The Bertz CT molecular complexity index is 829. The van der Waals surface area contributed by atoms with Crippen LogP contribution in [0.3, 0.4) is 0 Å². The van der Waals surface area contributed by atoms with Gasteiger partial charge in [0.05, 0.1) is 16.3 Å². The normalized spacial score (nSPS) is 18.4. The highest BCUT2D eigenvalue weighted by molar-refractivity contribution is 7.89. The van der Waals surface area contributed by atoms with Crippen molar-refractivity contribution in [2.24, 2.45) is 0 Å². The van der Waals surface area contributed by atoms with E-state index in [2.05, 4.69) is 0 Å². The number of halogens is 3. The molecule has 0 amide bonds. The van der Waals surface area contributed by atoms with Gasteiger partial charge in [0, 0.05) is 40.3 Å². The number of hydrogen-bond acceptors (Lipinski definition) is 5. The summed E-state index contributed by atoms with van der Waals surface area (Å²) in [5.41, 5.74) is 0.